The maximum atomic E-state index is 11.6. The number of allylic oxidation sites excluding steroid dienone is 2. The highest BCUT2D eigenvalue weighted by Crippen LogP contribution is 2.30. The van der Waals surface area contributed by atoms with Crippen LogP contribution in [0.15, 0.2) is 76.6 Å². The average molecular weight is 322 g/mol. The lowest BCUT2D eigenvalue weighted by molar-refractivity contribution is 0.265. The van der Waals surface area contributed by atoms with Crippen LogP contribution in [0.3, 0.4) is 0 Å². The molecule has 0 aliphatic carbocycles. The van der Waals surface area contributed by atoms with Gasteiger partial charge in [0.15, 0.2) is 0 Å². The molecule has 0 spiro atoms. The highest BCUT2D eigenvalue weighted by atomic mass is 32.2. The molecule has 1 amide bonds. The Kier molecular flexibility index (Phi) is 4.59. The molecular formula is C18H14N2O2S. The number of rotatable bonds is 3. The van der Waals surface area contributed by atoms with Gasteiger partial charge in [-0.15, -0.1) is 0 Å². The van der Waals surface area contributed by atoms with Crippen molar-refractivity contribution < 1.29 is 9.90 Å². The lowest BCUT2D eigenvalue weighted by Gasteiger charge is -2.00. The Morgan fingerprint density at radius 2 is 1.78 bits per heavy atom. The number of phenolic OH excluding ortho intramolecular Hbond substituents is 1. The number of aromatic hydroxyl groups is 1. The summed E-state index contributed by atoms with van der Waals surface area (Å²) in [5, 5.41) is 12.3. The minimum Gasteiger partial charge on any atom is -0.506 e. The van der Waals surface area contributed by atoms with E-state index in [-0.39, 0.29) is 11.0 Å². The van der Waals surface area contributed by atoms with E-state index in [1.165, 1.54) is 0 Å². The quantitative estimate of drug-likeness (QED) is 0.876. The van der Waals surface area contributed by atoms with Crippen LogP contribution in [0.25, 0.3) is 6.08 Å². The molecule has 2 N–H and O–H groups in total. The molecule has 2 aromatic rings. The molecule has 1 aliphatic heterocycles. The molecule has 114 valence electrons. The van der Waals surface area contributed by atoms with Crippen molar-refractivity contribution in [3.63, 3.8) is 0 Å². The molecule has 0 bridgehead atoms. The van der Waals surface area contributed by atoms with Crippen LogP contribution in [0.2, 0.25) is 0 Å². The molecule has 0 saturated carbocycles. The number of aliphatic imine (C=N–C) groups is 1. The fourth-order valence-electron chi connectivity index (χ4n) is 2.02. The number of benzene rings is 2. The Balaban J connectivity index is 1.85. The minimum atomic E-state index is -0.182. The van der Waals surface area contributed by atoms with Crippen LogP contribution in [0.4, 0.5) is 10.5 Å². The van der Waals surface area contributed by atoms with E-state index in [4.69, 9.17) is 0 Å². The summed E-state index contributed by atoms with van der Waals surface area (Å²) in [7, 11) is 0. The fraction of sp³-hybridized carbons (Fsp3) is 0. The van der Waals surface area contributed by atoms with Gasteiger partial charge in [-0.2, -0.15) is 0 Å². The zero-order valence-electron chi connectivity index (χ0n) is 12.1. The third-order valence-electron chi connectivity index (χ3n) is 3.11. The first-order valence-corrected chi connectivity index (χ1v) is 7.83. The van der Waals surface area contributed by atoms with Gasteiger partial charge in [-0.05, 0) is 35.5 Å². The number of para-hydroxylation sites is 2. The molecule has 1 heterocycles. The van der Waals surface area contributed by atoms with E-state index in [1.807, 2.05) is 48.6 Å². The van der Waals surface area contributed by atoms with Crippen LogP contribution in [-0.2, 0) is 0 Å². The van der Waals surface area contributed by atoms with Crippen LogP contribution >= 0.6 is 11.8 Å². The van der Waals surface area contributed by atoms with Crippen LogP contribution in [0.1, 0.15) is 5.56 Å². The van der Waals surface area contributed by atoms with Gasteiger partial charge in [-0.1, -0.05) is 54.6 Å². The number of amides is 1. The molecule has 3 rings (SSSR count). The lowest BCUT2D eigenvalue weighted by Crippen LogP contribution is -2.18. The molecule has 1 fully saturated rings. The maximum absolute atomic E-state index is 11.6. The van der Waals surface area contributed by atoms with Crippen molar-refractivity contribution in [1.82, 2.24) is 5.32 Å². The molecule has 0 unspecified atom stereocenters. The Morgan fingerprint density at radius 3 is 2.57 bits per heavy atom. The van der Waals surface area contributed by atoms with E-state index in [2.05, 4.69) is 10.3 Å². The van der Waals surface area contributed by atoms with E-state index in [0.29, 0.717) is 16.4 Å². The summed E-state index contributed by atoms with van der Waals surface area (Å²) in [5.41, 5.74) is 1.49. The van der Waals surface area contributed by atoms with Crippen LogP contribution in [0.5, 0.6) is 5.75 Å². The van der Waals surface area contributed by atoms with Gasteiger partial charge in [0.25, 0.3) is 5.24 Å². The van der Waals surface area contributed by atoms with E-state index in [0.717, 1.165) is 17.3 Å². The Bertz CT molecular complexity index is 811. The molecule has 2 aromatic carbocycles. The topological polar surface area (TPSA) is 61.7 Å². The molecule has 5 heteroatoms. The van der Waals surface area contributed by atoms with Crippen LogP contribution in [-0.4, -0.2) is 16.2 Å². The number of carbonyl (C=O) groups is 1. The predicted octanol–water partition coefficient (Wildman–Crippen LogP) is 4.48. The smallest absolute Gasteiger partial charge is 0.289 e. The van der Waals surface area contributed by atoms with E-state index >= 15 is 0 Å². The summed E-state index contributed by atoms with van der Waals surface area (Å²) in [6.45, 7) is 0. The second-order valence-electron chi connectivity index (χ2n) is 4.76. The number of amidine groups is 1. The van der Waals surface area contributed by atoms with Crippen molar-refractivity contribution in [2.45, 2.75) is 0 Å². The van der Waals surface area contributed by atoms with Crippen molar-refractivity contribution in [2.75, 3.05) is 0 Å². The molecular weight excluding hydrogens is 308 g/mol. The number of carbonyl (C=O) groups excluding carboxylic acids is 1. The number of thioether (sulfide) groups is 1. The Hall–Kier alpha value is -2.79. The van der Waals surface area contributed by atoms with Crippen molar-refractivity contribution in [1.29, 1.82) is 0 Å². The number of nitrogens with one attached hydrogen (secondary N) is 1. The normalized spacial score (nSPS) is 18.0. The zero-order chi connectivity index (χ0) is 16.1. The first-order chi connectivity index (χ1) is 11.2. The van der Waals surface area contributed by atoms with Gasteiger partial charge in [0, 0.05) is 0 Å². The van der Waals surface area contributed by atoms with E-state index < -0.39 is 0 Å². The second kappa shape index (κ2) is 6.98. The van der Waals surface area contributed by atoms with Crippen molar-refractivity contribution >= 4 is 34.6 Å². The summed E-state index contributed by atoms with van der Waals surface area (Å²) in [6.07, 6.45) is 5.65. The third kappa shape index (κ3) is 3.90. The molecule has 1 aliphatic rings. The molecule has 23 heavy (non-hydrogen) atoms. The first-order valence-electron chi connectivity index (χ1n) is 7.02. The van der Waals surface area contributed by atoms with Gasteiger partial charge < -0.3 is 10.4 Å². The predicted molar refractivity (Wildman–Crippen MR) is 94.9 cm³/mol. The van der Waals surface area contributed by atoms with Gasteiger partial charge in [0.1, 0.15) is 17.3 Å². The number of hydrogen-bond donors (Lipinski definition) is 2. The third-order valence-corrected chi connectivity index (χ3v) is 3.94. The summed E-state index contributed by atoms with van der Waals surface area (Å²) < 4.78 is 0. The summed E-state index contributed by atoms with van der Waals surface area (Å²) in [4.78, 5) is 16.7. The maximum Gasteiger partial charge on any atom is 0.289 e. The van der Waals surface area contributed by atoms with Crippen molar-refractivity contribution in [3.8, 4) is 5.75 Å². The molecule has 4 nitrogen and oxygen atoms in total. The average Bonchev–Trinajstić information content (AvgIpc) is 2.90. The van der Waals surface area contributed by atoms with Crippen LogP contribution < -0.4 is 5.32 Å². The fourth-order valence-corrected chi connectivity index (χ4v) is 2.71. The molecule has 0 aromatic heterocycles. The summed E-state index contributed by atoms with van der Waals surface area (Å²) >= 11 is 1.08. The number of nitrogens with zero attached hydrogens (tertiary/aromatic N) is 1. The Morgan fingerprint density at radius 1 is 1.04 bits per heavy atom. The van der Waals surface area contributed by atoms with Crippen LogP contribution in [0, 0.1) is 0 Å². The van der Waals surface area contributed by atoms with E-state index in [1.54, 1.807) is 24.3 Å². The number of phenols is 1. The molecule has 0 radical (unpaired) electrons. The van der Waals surface area contributed by atoms with Gasteiger partial charge >= 0.3 is 0 Å². The van der Waals surface area contributed by atoms with Crippen molar-refractivity contribution in [3.05, 3.63) is 77.2 Å². The zero-order valence-corrected chi connectivity index (χ0v) is 13.0. The summed E-state index contributed by atoms with van der Waals surface area (Å²) in [6, 6.07) is 16.6. The largest absolute Gasteiger partial charge is 0.506 e. The van der Waals surface area contributed by atoms with Crippen molar-refractivity contribution in [2.24, 2.45) is 4.99 Å². The first kappa shape index (κ1) is 15.1. The molecule has 0 atom stereocenters. The highest BCUT2D eigenvalue weighted by Gasteiger charge is 2.23. The lowest BCUT2D eigenvalue weighted by atomic mass is 10.2. The van der Waals surface area contributed by atoms with E-state index in [9.17, 15) is 9.90 Å². The van der Waals surface area contributed by atoms with Gasteiger partial charge in [0.05, 0.1) is 4.91 Å². The number of hydrogen-bond acceptors (Lipinski definition) is 4. The minimum absolute atomic E-state index is 0.0744. The second-order valence-corrected chi connectivity index (χ2v) is 5.78. The SMILES string of the molecule is O=C1NC(=Nc2ccccc2O)C(=CC=Cc2ccccc2)S1. The van der Waals surface area contributed by atoms with Gasteiger partial charge in [-0.25, -0.2) is 4.99 Å². The summed E-state index contributed by atoms with van der Waals surface area (Å²) in [5.74, 6) is 0.518. The highest BCUT2D eigenvalue weighted by molar-refractivity contribution is 8.18. The van der Waals surface area contributed by atoms with Gasteiger partial charge in [0.2, 0.25) is 0 Å². The monoisotopic (exact) mass is 322 g/mol. The van der Waals surface area contributed by atoms with Gasteiger partial charge in [-0.3, -0.25) is 4.79 Å². The Labute approximate surface area is 138 Å². The molecule has 1 saturated heterocycles. The standard InChI is InChI=1S/C18H14N2O2S/c21-15-11-5-4-10-14(15)19-17-16(23-18(22)20-17)12-6-9-13-7-2-1-3-8-13/h1-12,21H,(H,19,20,22).